The van der Waals surface area contributed by atoms with Gasteiger partial charge in [0.15, 0.2) is 39.6 Å². The van der Waals surface area contributed by atoms with Gasteiger partial charge in [-0.15, -0.1) is 0 Å². The van der Waals surface area contributed by atoms with Crippen LogP contribution in [0.25, 0.3) is 0 Å². The SMILES string of the molecule is CO[Si](CCCCCCCC[Si](C)(C)O[Si](C)(C)CCCOC(F)CCC(C)[Si](C)(C)O[Si](C)(C)CCCCCCCC[Si](OC)(OC)OC)(OC)OC. The van der Waals surface area contributed by atoms with E-state index >= 15 is 0 Å². The molecule has 0 aromatic heterocycles. The van der Waals surface area contributed by atoms with Crippen molar-refractivity contribution in [3.8, 4) is 0 Å². The third-order valence-electron chi connectivity index (χ3n) is 11.2. The van der Waals surface area contributed by atoms with Gasteiger partial charge in [0, 0.05) is 67.8 Å². The van der Waals surface area contributed by atoms with Crippen molar-refractivity contribution in [3.05, 3.63) is 0 Å². The Labute approximate surface area is 340 Å². The maximum atomic E-state index is 14.9. The van der Waals surface area contributed by atoms with Crippen LogP contribution in [0.5, 0.6) is 0 Å². The predicted octanol–water partition coefficient (Wildman–Crippen LogP) is 12.1. The molecule has 0 fully saturated rings. The second-order valence-electron chi connectivity index (χ2n) is 17.8. The largest absolute Gasteiger partial charge is 0.500 e. The lowest BCUT2D eigenvalue weighted by Crippen LogP contribution is -2.46. The maximum absolute atomic E-state index is 14.9. The fraction of sp³-hybridized carbons (Fsp3) is 1.00. The summed E-state index contributed by atoms with van der Waals surface area (Å²) in [6, 6.07) is 5.14. The number of alkyl halides is 1. The molecule has 0 aromatic carbocycles. The molecule has 0 saturated heterocycles. The van der Waals surface area contributed by atoms with Crippen molar-refractivity contribution >= 4 is 50.9 Å². The minimum atomic E-state index is -2.44. The molecule has 54 heavy (non-hydrogen) atoms. The van der Waals surface area contributed by atoms with Crippen molar-refractivity contribution in [2.24, 2.45) is 0 Å². The van der Waals surface area contributed by atoms with E-state index in [1.807, 2.05) is 0 Å². The minimum Gasteiger partial charge on any atom is -0.455 e. The monoisotopic (exact) mass is 877 g/mol. The van der Waals surface area contributed by atoms with Crippen LogP contribution in [0.4, 0.5) is 4.39 Å². The van der Waals surface area contributed by atoms with Gasteiger partial charge in [-0.25, -0.2) is 4.39 Å². The molecule has 0 aliphatic heterocycles. The van der Waals surface area contributed by atoms with Crippen molar-refractivity contribution in [1.82, 2.24) is 0 Å². The Morgan fingerprint density at radius 2 is 0.722 bits per heavy atom. The van der Waals surface area contributed by atoms with Crippen LogP contribution < -0.4 is 0 Å². The van der Waals surface area contributed by atoms with Crippen LogP contribution in [-0.4, -0.2) is 107 Å². The number of unbranched alkanes of at least 4 members (excludes halogenated alkanes) is 10. The summed E-state index contributed by atoms with van der Waals surface area (Å²) in [6.07, 6.45) is 15.4. The third-order valence-corrected chi connectivity index (χ3v) is 33.0. The number of hydrogen-bond donors (Lipinski definition) is 0. The quantitative estimate of drug-likeness (QED) is 0.0447. The lowest BCUT2D eigenvalue weighted by atomic mass is 10.1. The van der Waals surface area contributed by atoms with Gasteiger partial charge >= 0.3 is 17.6 Å². The van der Waals surface area contributed by atoms with E-state index in [4.69, 9.17) is 39.5 Å². The van der Waals surface area contributed by atoms with Gasteiger partial charge in [0.1, 0.15) is 0 Å². The summed E-state index contributed by atoms with van der Waals surface area (Å²) in [6.45, 7) is 21.5. The molecule has 16 heteroatoms. The Morgan fingerprint density at radius 1 is 0.407 bits per heavy atom. The molecule has 0 rings (SSSR count). The van der Waals surface area contributed by atoms with Crippen LogP contribution in [0.1, 0.15) is 103 Å². The number of halogens is 1. The summed E-state index contributed by atoms with van der Waals surface area (Å²) in [7, 11) is -2.07. The van der Waals surface area contributed by atoms with Gasteiger partial charge in [-0.1, -0.05) is 71.1 Å². The topological polar surface area (TPSA) is 83.1 Å². The van der Waals surface area contributed by atoms with Crippen LogP contribution in [0.15, 0.2) is 0 Å². The zero-order valence-electron chi connectivity index (χ0n) is 38.1. The molecular weight excluding hydrogens is 788 g/mol. The molecule has 0 N–H and O–H groups in total. The average molecular weight is 878 g/mol. The first-order valence-electron chi connectivity index (χ1n) is 21.2. The molecule has 0 aromatic rings. The van der Waals surface area contributed by atoms with Crippen LogP contribution in [-0.2, 0) is 39.5 Å². The summed E-state index contributed by atoms with van der Waals surface area (Å²) >= 11 is 0. The first kappa shape index (κ1) is 54.9. The van der Waals surface area contributed by atoms with Crippen LogP contribution in [0, 0.1) is 0 Å². The Kier molecular flexibility index (Phi) is 28.8. The van der Waals surface area contributed by atoms with E-state index in [1.54, 1.807) is 42.7 Å². The van der Waals surface area contributed by atoms with Crippen molar-refractivity contribution in [2.75, 3.05) is 49.3 Å². The standard InChI is InChI=1S/C38H89FO9Si6/c1-37(52(14,15)48-51(12,13)33-25-21-17-19-23-27-36-54(43-5,44-6)45-7)29-30-38(39)46-31-28-34-50(10,11)47-49(8,9)32-24-20-16-18-22-26-35-53(40-2,41-3)42-4/h37-38H,16-36H2,1-15H3. The molecule has 9 nitrogen and oxygen atoms in total. The van der Waals surface area contributed by atoms with E-state index in [1.165, 1.54) is 76.3 Å². The van der Waals surface area contributed by atoms with Gasteiger partial charge in [0.2, 0.25) is 0 Å². The van der Waals surface area contributed by atoms with Gasteiger partial charge < -0.3 is 39.5 Å². The maximum Gasteiger partial charge on any atom is 0.500 e. The first-order valence-corrected chi connectivity index (χ1v) is 37.4. The second-order valence-corrected chi connectivity index (χ2v) is 41.8. The fourth-order valence-electron chi connectivity index (χ4n) is 7.55. The highest BCUT2D eigenvalue weighted by atomic mass is 28.4. The highest BCUT2D eigenvalue weighted by molar-refractivity contribution is 6.85. The molecule has 0 spiro atoms. The van der Waals surface area contributed by atoms with E-state index in [-0.39, 0.29) is 0 Å². The summed E-state index contributed by atoms with van der Waals surface area (Å²) in [5.74, 6) is 0. The van der Waals surface area contributed by atoms with E-state index in [2.05, 4.69) is 59.3 Å². The first-order chi connectivity index (χ1) is 25.2. The van der Waals surface area contributed by atoms with E-state index in [0.717, 1.165) is 43.8 Å². The van der Waals surface area contributed by atoms with E-state index in [9.17, 15) is 4.39 Å². The lowest BCUT2D eigenvalue weighted by molar-refractivity contribution is -0.0443. The molecular formula is C38H89FO9Si6. The number of hydrogen-bond acceptors (Lipinski definition) is 9. The van der Waals surface area contributed by atoms with Gasteiger partial charge in [0.25, 0.3) is 0 Å². The molecule has 0 heterocycles. The number of ether oxygens (including phenoxy) is 1. The Morgan fingerprint density at radius 3 is 1.09 bits per heavy atom. The summed E-state index contributed by atoms with van der Waals surface area (Å²) < 4.78 is 67.6. The summed E-state index contributed by atoms with van der Waals surface area (Å²) in [5, 5.41) is 0. The lowest BCUT2D eigenvalue weighted by Gasteiger charge is -2.38. The van der Waals surface area contributed by atoms with E-state index < -0.39 is 57.2 Å². The Bertz CT molecular complexity index is 911. The average Bonchev–Trinajstić information content (AvgIpc) is 3.10. The van der Waals surface area contributed by atoms with Crippen LogP contribution in [0.3, 0.4) is 0 Å². The molecule has 0 saturated carbocycles. The molecule has 0 bridgehead atoms. The molecule has 326 valence electrons. The number of rotatable bonds is 37. The molecule has 0 aliphatic carbocycles. The zero-order chi connectivity index (χ0) is 41.4. The Balaban J connectivity index is 4.27. The van der Waals surface area contributed by atoms with Gasteiger partial charge in [-0.05, 0) is 102 Å². The molecule has 2 unspecified atom stereocenters. The highest BCUT2D eigenvalue weighted by Crippen LogP contribution is 2.33. The highest BCUT2D eigenvalue weighted by Gasteiger charge is 2.39. The molecule has 0 aliphatic rings. The molecule has 2 atom stereocenters. The van der Waals surface area contributed by atoms with Gasteiger partial charge in [-0.3, -0.25) is 0 Å². The smallest absolute Gasteiger partial charge is 0.455 e. The van der Waals surface area contributed by atoms with Crippen LogP contribution in [0.2, 0.25) is 88.1 Å². The van der Waals surface area contributed by atoms with Crippen molar-refractivity contribution < 1.29 is 43.9 Å². The minimum absolute atomic E-state index is 0.384. The Hall–Kier alpha value is 0.871. The van der Waals surface area contributed by atoms with Crippen molar-refractivity contribution in [2.45, 2.75) is 198 Å². The fourth-order valence-corrected chi connectivity index (χ4v) is 28.9. The summed E-state index contributed by atoms with van der Waals surface area (Å²) in [5.41, 5.74) is 0.384. The second kappa shape index (κ2) is 28.4. The van der Waals surface area contributed by atoms with Crippen LogP contribution >= 0.6 is 0 Å². The molecule has 0 amide bonds. The summed E-state index contributed by atoms with van der Waals surface area (Å²) in [4.78, 5) is 0. The van der Waals surface area contributed by atoms with E-state index in [0.29, 0.717) is 18.6 Å². The van der Waals surface area contributed by atoms with Crippen molar-refractivity contribution in [1.29, 1.82) is 0 Å². The zero-order valence-corrected chi connectivity index (χ0v) is 44.1. The van der Waals surface area contributed by atoms with Gasteiger partial charge in [-0.2, -0.15) is 0 Å². The normalized spacial score (nSPS) is 14.9. The predicted molar refractivity (Wildman–Crippen MR) is 239 cm³/mol. The third kappa shape index (κ3) is 24.7. The van der Waals surface area contributed by atoms with Gasteiger partial charge in [0.05, 0.1) is 0 Å². The van der Waals surface area contributed by atoms with Crippen molar-refractivity contribution in [3.63, 3.8) is 0 Å². The molecule has 0 radical (unpaired) electrons.